The molecular weight excluding hydrogens is 568 g/mol. The van der Waals surface area contributed by atoms with E-state index in [0.29, 0.717) is 40.8 Å². The molecule has 12 atom stereocenters. The first-order valence-electron chi connectivity index (χ1n) is 18.9. The van der Waals surface area contributed by atoms with Gasteiger partial charge < -0.3 is 10.2 Å². The van der Waals surface area contributed by atoms with Crippen molar-refractivity contribution in [2.45, 2.75) is 145 Å². The highest BCUT2D eigenvalue weighted by molar-refractivity contribution is 6.01. The number of hydrogen-bond donors (Lipinski definition) is 2. The monoisotopic (exact) mass is 630 g/mol. The summed E-state index contributed by atoms with van der Waals surface area (Å²) in [4.78, 5) is 23.7. The van der Waals surface area contributed by atoms with Crippen LogP contribution in [-0.4, -0.2) is 34.0 Å². The zero-order valence-corrected chi connectivity index (χ0v) is 30.1. The molecule has 0 aromatic rings. The van der Waals surface area contributed by atoms with Gasteiger partial charge >= 0.3 is 0 Å². The molecule has 46 heavy (non-hydrogen) atoms. The molecule has 6 saturated carbocycles. The Morgan fingerprint density at radius 2 is 1.15 bits per heavy atom. The lowest BCUT2D eigenvalue weighted by molar-refractivity contribution is -0.143. The molecule has 12 unspecified atom stereocenters. The second-order valence-corrected chi connectivity index (χ2v) is 19.6. The maximum atomic E-state index is 11.9. The van der Waals surface area contributed by atoms with E-state index in [1.165, 1.54) is 43.3 Å². The van der Waals surface area contributed by atoms with Crippen molar-refractivity contribution in [3.63, 3.8) is 0 Å². The van der Waals surface area contributed by atoms with Crippen LogP contribution in [0.4, 0.5) is 0 Å². The molecule has 0 aliphatic heterocycles. The molecule has 4 nitrogen and oxygen atoms in total. The third-order valence-electron chi connectivity index (χ3n) is 17.4. The van der Waals surface area contributed by atoms with Crippen molar-refractivity contribution < 1.29 is 19.8 Å². The average molecular weight is 631 g/mol. The summed E-state index contributed by atoms with van der Waals surface area (Å²) in [5.74, 6) is 3.76. The molecule has 2 N–H and O–H groups in total. The van der Waals surface area contributed by atoms with Gasteiger partial charge in [-0.3, -0.25) is 9.59 Å². The highest BCUT2D eigenvalue weighted by Crippen LogP contribution is 2.71. The Kier molecular flexibility index (Phi) is 7.53. The molecular formula is C42H62O4. The largest absolute Gasteiger partial charge is 0.393 e. The molecule has 0 radical (unpaired) electrons. The van der Waals surface area contributed by atoms with E-state index >= 15 is 0 Å². The predicted octanol–water partition coefficient (Wildman–Crippen LogP) is 8.81. The van der Waals surface area contributed by atoms with Gasteiger partial charge in [0.05, 0.1) is 12.2 Å². The summed E-state index contributed by atoms with van der Waals surface area (Å²) in [6, 6.07) is 0. The minimum atomic E-state index is -0.259. The van der Waals surface area contributed by atoms with Gasteiger partial charge in [0, 0.05) is 17.8 Å². The number of carbonyl (C=O) groups is 2. The second-order valence-electron chi connectivity index (χ2n) is 19.6. The van der Waals surface area contributed by atoms with Gasteiger partial charge in [-0.15, -0.1) is 0 Å². The molecule has 8 aliphatic rings. The Balaban J connectivity index is 0.000000147. The minimum Gasteiger partial charge on any atom is -0.393 e. The van der Waals surface area contributed by atoms with Crippen molar-refractivity contribution in [1.82, 2.24) is 0 Å². The van der Waals surface area contributed by atoms with Crippen molar-refractivity contribution >= 4 is 11.6 Å². The molecule has 0 saturated heterocycles. The van der Waals surface area contributed by atoms with Crippen LogP contribution in [-0.2, 0) is 9.59 Å². The van der Waals surface area contributed by atoms with E-state index in [4.69, 9.17) is 0 Å². The smallest absolute Gasteiger partial charge is 0.178 e. The van der Waals surface area contributed by atoms with Crippen LogP contribution in [0.25, 0.3) is 0 Å². The van der Waals surface area contributed by atoms with Gasteiger partial charge in [-0.25, -0.2) is 0 Å². The van der Waals surface area contributed by atoms with Gasteiger partial charge in [0.15, 0.2) is 11.6 Å². The van der Waals surface area contributed by atoms with Gasteiger partial charge in [-0.1, -0.05) is 72.6 Å². The van der Waals surface area contributed by atoms with E-state index in [-0.39, 0.29) is 45.6 Å². The quantitative estimate of drug-likeness (QED) is 0.281. The van der Waals surface area contributed by atoms with Gasteiger partial charge in [-0.05, 0) is 146 Å². The topological polar surface area (TPSA) is 74.6 Å². The summed E-state index contributed by atoms with van der Waals surface area (Å²) in [7, 11) is 0. The standard InChI is InChI=1S/C21H32O2.C21H30O2/c2*1-19(2)9-8-16-15-6-5-13-11-14(22)7-10-20(13,3)18(15)17(23)12-21(16,19)4/h11,15-18,23H,5-10,12H2,1-4H3;7,10-11,15-18,23H,5-6,8-9,12H2,1-4H3. The SMILES string of the molecule is CC12C=CC(=O)C=C1CCC1C2C(O)CC2(C)C1CCC2(C)C.CC12CCC(=O)C=C1CCC1C2C(O)CC2(C)C1CCC2(C)C. The second kappa shape index (κ2) is 10.5. The third kappa shape index (κ3) is 4.43. The highest BCUT2D eigenvalue weighted by atomic mass is 16.3. The van der Waals surface area contributed by atoms with Gasteiger partial charge in [0.2, 0.25) is 0 Å². The van der Waals surface area contributed by atoms with Crippen molar-refractivity contribution in [1.29, 1.82) is 0 Å². The number of fused-ring (bicyclic) bond motifs is 10. The van der Waals surface area contributed by atoms with Crippen molar-refractivity contribution in [2.24, 2.45) is 68.0 Å². The molecule has 0 amide bonds. The highest BCUT2D eigenvalue weighted by Gasteiger charge is 2.65. The molecule has 4 heteroatoms. The Labute approximate surface area is 279 Å². The molecule has 8 rings (SSSR count). The van der Waals surface area contributed by atoms with Crippen LogP contribution in [0.2, 0.25) is 0 Å². The number of aliphatic hydroxyl groups excluding tert-OH is 2. The molecule has 8 aliphatic carbocycles. The van der Waals surface area contributed by atoms with Crippen LogP contribution < -0.4 is 0 Å². The minimum absolute atomic E-state index is 0.0598. The van der Waals surface area contributed by atoms with E-state index in [1.807, 2.05) is 12.2 Å². The first-order valence-corrected chi connectivity index (χ1v) is 18.9. The first kappa shape index (κ1) is 33.0. The number of hydrogen-bond acceptors (Lipinski definition) is 4. The molecule has 0 heterocycles. The van der Waals surface area contributed by atoms with Crippen molar-refractivity contribution in [3.05, 3.63) is 35.5 Å². The van der Waals surface area contributed by atoms with Crippen LogP contribution in [0.3, 0.4) is 0 Å². The lowest BCUT2D eigenvalue weighted by Crippen LogP contribution is -2.57. The molecule has 0 bridgehead atoms. The fraction of sp³-hybridized carbons (Fsp3) is 0.810. The van der Waals surface area contributed by atoms with Crippen LogP contribution in [0.1, 0.15) is 132 Å². The number of carbonyl (C=O) groups excluding carboxylic acids is 2. The number of ketones is 2. The van der Waals surface area contributed by atoms with E-state index in [2.05, 4.69) is 61.5 Å². The summed E-state index contributed by atoms with van der Waals surface area (Å²) in [6.07, 6.45) is 20.2. The molecule has 254 valence electrons. The lowest BCUT2D eigenvalue weighted by Gasteiger charge is -2.61. The molecule has 0 aromatic carbocycles. The van der Waals surface area contributed by atoms with Crippen LogP contribution in [0, 0.1) is 68.0 Å². The Morgan fingerprint density at radius 1 is 0.630 bits per heavy atom. The summed E-state index contributed by atoms with van der Waals surface area (Å²) < 4.78 is 0. The first-order chi connectivity index (χ1) is 21.4. The summed E-state index contributed by atoms with van der Waals surface area (Å²) >= 11 is 0. The molecule has 0 aromatic heterocycles. The van der Waals surface area contributed by atoms with Gasteiger partial charge in [0.1, 0.15) is 0 Å². The van der Waals surface area contributed by atoms with E-state index in [0.717, 1.165) is 50.4 Å². The van der Waals surface area contributed by atoms with E-state index in [1.54, 1.807) is 6.08 Å². The van der Waals surface area contributed by atoms with Gasteiger partial charge in [-0.2, -0.15) is 0 Å². The van der Waals surface area contributed by atoms with Crippen molar-refractivity contribution in [3.8, 4) is 0 Å². The zero-order chi connectivity index (χ0) is 33.2. The maximum absolute atomic E-state index is 11.9. The fourth-order valence-electron chi connectivity index (χ4n) is 13.9. The Hall–Kier alpha value is -1.52. The zero-order valence-electron chi connectivity index (χ0n) is 30.1. The fourth-order valence-corrected chi connectivity index (χ4v) is 13.9. The van der Waals surface area contributed by atoms with E-state index < -0.39 is 0 Å². The maximum Gasteiger partial charge on any atom is 0.178 e. The Morgan fingerprint density at radius 3 is 1.74 bits per heavy atom. The van der Waals surface area contributed by atoms with Crippen LogP contribution in [0.5, 0.6) is 0 Å². The average Bonchev–Trinajstić information content (AvgIpc) is 3.35. The number of aliphatic hydroxyl groups is 2. The molecule has 6 fully saturated rings. The van der Waals surface area contributed by atoms with E-state index in [9.17, 15) is 19.8 Å². The van der Waals surface area contributed by atoms with Crippen LogP contribution in [0.15, 0.2) is 35.5 Å². The summed E-state index contributed by atoms with van der Waals surface area (Å²) in [5.41, 5.74) is 3.72. The van der Waals surface area contributed by atoms with Crippen molar-refractivity contribution in [2.75, 3.05) is 0 Å². The normalized spacial score (nSPS) is 51.2. The van der Waals surface area contributed by atoms with Crippen LogP contribution >= 0.6 is 0 Å². The number of rotatable bonds is 0. The summed E-state index contributed by atoms with van der Waals surface area (Å²) in [6.45, 7) is 19.1. The number of allylic oxidation sites excluding steroid dienone is 5. The predicted molar refractivity (Wildman–Crippen MR) is 184 cm³/mol. The lowest BCUT2D eigenvalue weighted by atomic mass is 9.44. The summed E-state index contributed by atoms with van der Waals surface area (Å²) in [5, 5.41) is 22.4. The Bertz CT molecular complexity index is 1390. The third-order valence-corrected chi connectivity index (χ3v) is 17.4. The van der Waals surface area contributed by atoms with Gasteiger partial charge in [0.25, 0.3) is 0 Å². The molecule has 0 spiro atoms.